The lowest BCUT2D eigenvalue weighted by Crippen LogP contribution is -2.24. The van der Waals surface area contributed by atoms with Crippen LogP contribution in [-0.4, -0.2) is 42.3 Å². The number of ether oxygens (including phenoxy) is 1. The van der Waals surface area contributed by atoms with Crippen LogP contribution >= 0.6 is 0 Å². The molecule has 1 saturated heterocycles. The van der Waals surface area contributed by atoms with Gasteiger partial charge in [-0.15, -0.1) is 0 Å². The first kappa shape index (κ1) is 20.3. The summed E-state index contributed by atoms with van der Waals surface area (Å²) < 4.78 is 8.02. The molecule has 160 valence electrons. The van der Waals surface area contributed by atoms with Crippen molar-refractivity contribution in [1.29, 1.82) is 0 Å². The van der Waals surface area contributed by atoms with Gasteiger partial charge in [0, 0.05) is 39.7 Å². The zero-order valence-corrected chi connectivity index (χ0v) is 19.6. The van der Waals surface area contributed by atoms with Gasteiger partial charge in [0.05, 0.1) is 22.8 Å². The van der Waals surface area contributed by atoms with Gasteiger partial charge >= 0.3 is 0 Å². The highest BCUT2D eigenvalue weighted by atomic mass is 28.3. The summed E-state index contributed by atoms with van der Waals surface area (Å²) in [6, 6.07) is 13.7. The van der Waals surface area contributed by atoms with Gasteiger partial charge in [0.2, 0.25) is 0 Å². The molecule has 0 amide bonds. The van der Waals surface area contributed by atoms with E-state index in [0.29, 0.717) is 12.6 Å². The fraction of sp³-hybridized carbons (Fsp3) is 0.440. The smallest absolute Gasteiger partial charge is 0.124 e. The first-order valence-electron chi connectivity index (χ1n) is 11.1. The largest absolute Gasteiger partial charge is 0.370 e. The van der Waals surface area contributed by atoms with Crippen LogP contribution in [-0.2, 0) is 11.5 Å². The van der Waals surface area contributed by atoms with Gasteiger partial charge in [0.15, 0.2) is 0 Å². The molecule has 0 spiro atoms. The number of anilines is 1. The van der Waals surface area contributed by atoms with Crippen molar-refractivity contribution in [3.63, 3.8) is 0 Å². The van der Waals surface area contributed by atoms with Crippen LogP contribution in [0, 0.1) is 23.2 Å². The van der Waals surface area contributed by atoms with E-state index in [9.17, 15) is 0 Å². The second-order valence-electron chi connectivity index (χ2n) is 10.1. The Morgan fingerprint density at radius 3 is 2.90 bits per heavy atom. The zero-order chi connectivity index (χ0) is 21.5. The molecular formula is C25H30N4OSi. The molecule has 2 unspecified atom stereocenters. The van der Waals surface area contributed by atoms with E-state index in [1.54, 1.807) is 6.20 Å². The maximum Gasteiger partial charge on any atom is 0.124 e. The van der Waals surface area contributed by atoms with Crippen molar-refractivity contribution in [1.82, 2.24) is 14.5 Å². The van der Waals surface area contributed by atoms with Gasteiger partial charge in [0.25, 0.3) is 0 Å². The van der Waals surface area contributed by atoms with Gasteiger partial charge in [-0.1, -0.05) is 31.6 Å². The van der Waals surface area contributed by atoms with Gasteiger partial charge in [-0.05, 0) is 54.6 Å². The SMILES string of the molecule is C[Si](C)(C)CCOCn1cnc2cc(N3CC4CC4(C#Cc4ccccn4)C3)ccc21. The van der Waals surface area contributed by atoms with E-state index in [2.05, 4.69) is 69.1 Å². The summed E-state index contributed by atoms with van der Waals surface area (Å²) in [6.07, 6.45) is 4.90. The van der Waals surface area contributed by atoms with Crippen molar-refractivity contribution in [2.75, 3.05) is 24.6 Å². The third-order valence-corrected chi connectivity index (χ3v) is 8.15. The Labute approximate surface area is 185 Å². The molecule has 1 aromatic carbocycles. The van der Waals surface area contributed by atoms with Crippen LogP contribution in [0.4, 0.5) is 5.69 Å². The summed E-state index contributed by atoms with van der Waals surface area (Å²) in [6.45, 7) is 10.6. The maximum atomic E-state index is 5.92. The minimum absolute atomic E-state index is 0.135. The first-order chi connectivity index (χ1) is 14.9. The van der Waals surface area contributed by atoms with E-state index < -0.39 is 8.07 Å². The second kappa shape index (κ2) is 7.81. The van der Waals surface area contributed by atoms with Crippen LogP contribution in [0.5, 0.6) is 0 Å². The molecule has 3 heterocycles. The first-order valence-corrected chi connectivity index (χ1v) is 14.8. The third kappa shape index (κ3) is 4.39. The molecule has 2 aliphatic rings. The van der Waals surface area contributed by atoms with Crippen LogP contribution in [0.3, 0.4) is 0 Å². The van der Waals surface area contributed by atoms with Crippen molar-refractivity contribution in [3.8, 4) is 11.8 Å². The molecule has 0 N–H and O–H groups in total. The third-order valence-electron chi connectivity index (χ3n) is 6.45. The molecule has 31 heavy (non-hydrogen) atoms. The van der Waals surface area contributed by atoms with Crippen LogP contribution in [0.15, 0.2) is 48.9 Å². The van der Waals surface area contributed by atoms with E-state index in [1.165, 1.54) is 18.2 Å². The Morgan fingerprint density at radius 1 is 1.19 bits per heavy atom. The summed E-state index contributed by atoms with van der Waals surface area (Å²) in [4.78, 5) is 11.4. The van der Waals surface area contributed by atoms with E-state index in [1.807, 2.05) is 24.5 Å². The number of benzene rings is 1. The fourth-order valence-electron chi connectivity index (χ4n) is 4.39. The summed E-state index contributed by atoms with van der Waals surface area (Å²) in [5.74, 6) is 7.50. The van der Waals surface area contributed by atoms with Crippen LogP contribution in [0.2, 0.25) is 25.7 Å². The Balaban J connectivity index is 1.24. The van der Waals surface area contributed by atoms with E-state index >= 15 is 0 Å². The molecular weight excluding hydrogens is 400 g/mol. The Kier molecular flexibility index (Phi) is 5.11. The predicted molar refractivity (Wildman–Crippen MR) is 128 cm³/mol. The van der Waals surface area contributed by atoms with Gasteiger partial charge in [-0.2, -0.15) is 0 Å². The number of aromatic nitrogens is 3. The number of piperidine rings is 1. The molecule has 3 aromatic rings. The molecule has 2 aromatic heterocycles. The minimum Gasteiger partial charge on any atom is -0.370 e. The molecule has 0 radical (unpaired) electrons. The predicted octanol–water partition coefficient (Wildman–Crippen LogP) is 4.62. The van der Waals surface area contributed by atoms with Crippen LogP contribution in [0.25, 0.3) is 11.0 Å². The number of pyridine rings is 1. The van der Waals surface area contributed by atoms with Crippen molar-refractivity contribution >= 4 is 24.8 Å². The fourth-order valence-corrected chi connectivity index (χ4v) is 5.15. The molecule has 6 heteroatoms. The van der Waals surface area contributed by atoms with Crippen molar-refractivity contribution in [2.45, 2.75) is 38.8 Å². The standard InChI is InChI=1S/C25H30N4OSi/c1-31(2,3)13-12-30-19-29-18-27-23-14-22(7-8-24(23)29)28-16-20-15-25(20,17-28)10-9-21-6-4-5-11-26-21/h4-8,11,14,18,20H,12-13,15-17,19H2,1-3H3. The van der Waals surface area contributed by atoms with Gasteiger partial charge in [-0.25, -0.2) is 9.97 Å². The average Bonchev–Trinajstić information content (AvgIpc) is 3.09. The highest BCUT2D eigenvalue weighted by Gasteiger charge is 2.59. The average molecular weight is 431 g/mol. The topological polar surface area (TPSA) is 43.2 Å². The number of nitrogens with zero attached hydrogens (tertiary/aromatic N) is 4. The summed E-state index contributed by atoms with van der Waals surface area (Å²) in [5.41, 5.74) is 4.39. The molecule has 1 aliphatic carbocycles. The van der Waals surface area contributed by atoms with Gasteiger partial charge < -0.3 is 14.2 Å². The van der Waals surface area contributed by atoms with Crippen molar-refractivity contribution in [3.05, 3.63) is 54.6 Å². The summed E-state index contributed by atoms with van der Waals surface area (Å²) in [5, 5.41) is 0. The molecule has 1 saturated carbocycles. The van der Waals surface area contributed by atoms with Crippen molar-refractivity contribution < 1.29 is 4.74 Å². The van der Waals surface area contributed by atoms with E-state index in [0.717, 1.165) is 36.4 Å². The second-order valence-corrected chi connectivity index (χ2v) is 15.8. The molecule has 0 bridgehead atoms. The van der Waals surface area contributed by atoms with E-state index in [4.69, 9.17) is 4.74 Å². The lowest BCUT2D eigenvalue weighted by Gasteiger charge is -2.21. The van der Waals surface area contributed by atoms with Crippen molar-refractivity contribution in [2.24, 2.45) is 11.3 Å². The molecule has 5 rings (SSSR count). The maximum absolute atomic E-state index is 5.92. The molecule has 1 aliphatic heterocycles. The van der Waals surface area contributed by atoms with Gasteiger partial charge in [-0.3, -0.25) is 0 Å². The number of rotatable bonds is 6. The monoisotopic (exact) mass is 430 g/mol. The quantitative estimate of drug-likeness (QED) is 0.325. The van der Waals surface area contributed by atoms with Gasteiger partial charge in [0.1, 0.15) is 12.4 Å². The normalized spacial score (nSPS) is 22.3. The lowest BCUT2D eigenvalue weighted by molar-refractivity contribution is 0.0898. The summed E-state index contributed by atoms with van der Waals surface area (Å²) >= 11 is 0. The Morgan fingerprint density at radius 2 is 2.10 bits per heavy atom. The molecule has 2 atom stereocenters. The zero-order valence-electron chi connectivity index (χ0n) is 18.6. The Bertz CT molecular complexity index is 1140. The highest BCUT2D eigenvalue weighted by Crippen LogP contribution is 2.58. The number of hydrogen-bond donors (Lipinski definition) is 0. The number of imidazole rings is 1. The van der Waals surface area contributed by atoms with Crippen LogP contribution in [0.1, 0.15) is 12.1 Å². The minimum atomic E-state index is -1.06. The molecule has 2 fully saturated rings. The number of fused-ring (bicyclic) bond motifs is 2. The summed E-state index contributed by atoms with van der Waals surface area (Å²) in [7, 11) is -1.06. The Hall–Kier alpha value is -2.62. The number of hydrogen-bond acceptors (Lipinski definition) is 4. The van der Waals surface area contributed by atoms with E-state index in [-0.39, 0.29) is 5.41 Å². The highest BCUT2D eigenvalue weighted by molar-refractivity contribution is 6.76. The molecule has 5 nitrogen and oxygen atoms in total. The lowest BCUT2D eigenvalue weighted by atomic mass is 10.1. The van der Waals surface area contributed by atoms with Crippen LogP contribution < -0.4 is 4.90 Å².